The number of hydrogen-bond acceptors (Lipinski definition) is 7. The lowest BCUT2D eigenvalue weighted by Crippen LogP contribution is -2.55. The van der Waals surface area contributed by atoms with E-state index in [9.17, 15) is 19.2 Å². The molecule has 47 heavy (non-hydrogen) atoms. The number of anilines is 1. The number of pyridine rings is 1. The van der Waals surface area contributed by atoms with Gasteiger partial charge in [0.25, 0.3) is 5.91 Å². The van der Waals surface area contributed by atoms with Crippen LogP contribution >= 0.6 is 0 Å². The van der Waals surface area contributed by atoms with Crippen LogP contribution in [-0.2, 0) is 34.4 Å². The van der Waals surface area contributed by atoms with Gasteiger partial charge in [0.2, 0.25) is 17.7 Å². The van der Waals surface area contributed by atoms with Gasteiger partial charge in [-0.1, -0.05) is 38.3 Å². The first-order chi connectivity index (χ1) is 22.8. The van der Waals surface area contributed by atoms with E-state index in [1.807, 2.05) is 29.2 Å². The third-order valence-electron chi connectivity index (χ3n) is 9.20. The molecule has 1 aliphatic heterocycles. The lowest BCUT2D eigenvalue weighted by Gasteiger charge is -2.36. The van der Waals surface area contributed by atoms with E-state index in [4.69, 9.17) is 0 Å². The summed E-state index contributed by atoms with van der Waals surface area (Å²) in [5, 5.41) is 13.0. The van der Waals surface area contributed by atoms with E-state index < -0.39 is 12.1 Å². The van der Waals surface area contributed by atoms with Gasteiger partial charge in [0.1, 0.15) is 17.8 Å². The van der Waals surface area contributed by atoms with E-state index in [1.165, 1.54) is 10.2 Å². The van der Waals surface area contributed by atoms with E-state index in [0.717, 1.165) is 57.3 Å². The Morgan fingerprint density at radius 1 is 0.851 bits per heavy atom. The van der Waals surface area contributed by atoms with Gasteiger partial charge in [-0.2, -0.15) is 5.10 Å². The molecule has 2 aromatic heterocycles. The van der Waals surface area contributed by atoms with Crippen molar-refractivity contribution in [1.29, 1.82) is 0 Å². The molecule has 2 aliphatic rings. The summed E-state index contributed by atoms with van der Waals surface area (Å²) in [7, 11) is 1.70. The molecule has 12 nitrogen and oxygen atoms in total. The Bertz CT molecular complexity index is 1500. The van der Waals surface area contributed by atoms with Crippen molar-refractivity contribution in [2.75, 3.05) is 31.5 Å². The van der Waals surface area contributed by atoms with Gasteiger partial charge >= 0.3 is 0 Å². The van der Waals surface area contributed by atoms with Gasteiger partial charge < -0.3 is 20.9 Å². The average Bonchev–Trinajstić information content (AvgIpc) is 3.54. The van der Waals surface area contributed by atoms with Gasteiger partial charge in [0.15, 0.2) is 0 Å². The second-order valence-electron chi connectivity index (χ2n) is 12.5. The lowest BCUT2D eigenvalue weighted by molar-refractivity contribution is -0.138. The fraction of sp³-hybridized carbons (Fsp3) is 0.486. The van der Waals surface area contributed by atoms with Crippen LogP contribution in [0.5, 0.6) is 0 Å². The number of carbonyl (C=O) groups is 4. The summed E-state index contributed by atoms with van der Waals surface area (Å²) < 4.78 is 1.49. The molecule has 1 saturated heterocycles. The van der Waals surface area contributed by atoms with Crippen molar-refractivity contribution in [2.24, 2.45) is 13.0 Å². The minimum atomic E-state index is -0.687. The van der Waals surface area contributed by atoms with Crippen LogP contribution in [0.1, 0.15) is 67.1 Å². The maximum absolute atomic E-state index is 13.6. The first-order valence-corrected chi connectivity index (χ1v) is 16.7. The number of nitrogens with zero attached hydrogens (tertiary/aromatic N) is 5. The number of rotatable bonds is 12. The van der Waals surface area contributed by atoms with Gasteiger partial charge in [-0.15, -0.1) is 0 Å². The van der Waals surface area contributed by atoms with Crippen LogP contribution in [-0.4, -0.2) is 86.5 Å². The molecule has 1 aliphatic carbocycles. The smallest absolute Gasteiger partial charge is 0.270 e. The average molecular weight is 643 g/mol. The largest absolute Gasteiger partial charge is 0.344 e. The summed E-state index contributed by atoms with van der Waals surface area (Å²) in [4.78, 5) is 60.9. The monoisotopic (exact) mass is 642 g/mol. The molecule has 2 fully saturated rings. The van der Waals surface area contributed by atoms with E-state index >= 15 is 0 Å². The lowest BCUT2D eigenvalue weighted by atomic mass is 9.83. The summed E-state index contributed by atoms with van der Waals surface area (Å²) in [6.45, 7) is 5.26. The van der Waals surface area contributed by atoms with E-state index in [1.54, 1.807) is 50.8 Å². The van der Waals surface area contributed by atoms with Gasteiger partial charge in [0, 0.05) is 76.9 Å². The topological polar surface area (TPSA) is 142 Å². The first kappa shape index (κ1) is 33.8. The van der Waals surface area contributed by atoms with Crippen molar-refractivity contribution in [1.82, 2.24) is 35.2 Å². The quantitative estimate of drug-likeness (QED) is 0.276. The highest BCUT2D eigenvalue weighted by Gasteiger charge is 2.32. The molecular formula is C35H46N8O4. The number of nitrogens with one attached hydrogen (secondary N) is 3. The van der Waals surface area contributed by atoms with Crippen molar-refractivity contribution >= 4 is 29.3 Å². The Morgan fingerprint density at radius 2 is 1.55 bits per heavy atom. The van der Waals surface area contributed by atoms with Gasteiger partial charge in [-0.25, -0.2) is 0 Å². The molecule has 3 heterocycles. The van der Waals surface area contributed by atoms with Crippen LogP contribution < -0.4 is 16.0 Å². The molecule has 0 bridgehead atoms. The fourth-order valence-corrected chi connectivity index (χ4v) is 6.45. The predicted octanol–water partition coefficient (Wildman–Crippen LogP) is 2.91. The Balaban J connectivity index is 1.20. The summed E-state index contributed by atoms with van der Waals surface area (Å²) >= 11 is 0. The summed E-state index contributed by atoms with van der Waals surface area (Å²) in [5.41, 5.74) is 3.04. The molecule has 5 rings (SSSR count). The second-order valence-corrected chi connectivity index (χ2v) is 12.5. The molecular weight excluding hydrogens is 596 g/mol. The second kappa shape index (κ2) is 16.3. The molecule has 1 aromatic carbocycles. The maximum Gasteiger partial charge on any atom is 0.270 e. The van der Waals surface area contributed by atoms with Gasteiger partial charge in [0.05, 0.1) is 0 Å². The van der Waals surface area contributed by atoms with Crippen molar-refractivity contribution in [2.45, 2.75) is 70.5 Å². The Kier molecular flexibility index (Phi) is 11.7. The molecule has 3 aromatic rings. The molecule has 4 amide bonds. The number of hydrogen-bond donors (Lipinski definition) is 3. The number of piperazine rings is 1. The van der Waals surface area contributed by atoms with Gasteiger partial charge in [-0.3, -0.25) is 33.7 Å². The molecule has 2 atom stereocenters. The molecule has 1 unspecified atom stereocenters. The zero-order chi connectivity index (χ0) is 33.2. The molecule has 1 saturated carbocycles. The van der Waals surface area contributed by atoms with Crippen LogP contribution in [0.4, 0.5) is 5.69 Å². The van der Waals surface area contributed by atoms with Crippen LogP contribution in [0.2, 0.25) is 0 Å². The van der Waals surface area contributed by atoms with Crippen molar-refractivity contribution in [3.8, 4) is 0 Å². The van der Waals surface area contributed by atoms with Crippen LogP contribution in [0.3, 0.4) is 0 Å². The number of aromatic nitrogens is 3. The summed E-state index contributed by atoms with van der Waals surface area (Å²) in [6, 6.07) is 11.6. The first-order valence-electron chi connectivity index (χ1n) is 16.7. The van der Waals surface area contributed by atoms with E-state index in [-0.39, 0.29) is 36.0 Å². The van der Waals surface area contributed by atoms with Crippen LogP contribution in [0, 0.1) is 5.92 Å². The minimum absolute atomic E-state index is 0.0478. The molecule has 0 spiro atoms. The number of carbonyl (C=O) groups excluding carboxylic acids is 4. The molecule has 3 N–H and O–H groups in total. The van der Waals surface area contributed by atoms with Crippen molar-refractivity contribution in [3.63, 3.8) is 0 Å². The van der Waals surface area contributed by atoms with Crippen LogP contribution in [0.25, 0.3) is 0 Å². The Morgan fingerprint density at radius 3 is 2.19 bits per heavy atom. The highest BCUT2D eigenvalue weighted by Crippen LogP contribution is 2.27. The third-order valence-corrected chi connectivity index (χ3v) is 9.20. The summed E-state index contributed by atoms with van der Waals surface area (Å²) in [5.74, 6) is -0.804. The van der Waals surface area contributed by atoms with Crippen molar-refractivity contribution < 1.29 is 19.2 Å². The number of aryl methyl sites for hydroxylation is 1. The third kappa shape index (κ3) is 9.25. The maximum atomic E-state index is 13.6. The Labute approximate surface area is 276 Å². The highest BCUT2D eigenvalue weighted by atomic mass is 16.2. The molecule has 12 heteroatoms. The fourth-order valence-electron chi connectivity index (χ4n) is 6.45. The zero-order valence-corrected chi connectivity index (χ0v) is 27.4. The standard InChI is InChI=1S/C35H46N8O4/c1-3-31(44)39-29(35(47)43-21-19-42(20-22-43)24-26-13-16-36-17-14-26)23-25-9-11-28(12-10-25)38-34(46)32(27-7-5-4-6-8-27)40-33(45)30-15-18-37-41(30)2/h9-18,27,29,32H,3-8,19-24H2,1-2H3,(H,38,46)(H,39,44)(H,40,45)/t29-,32?/m1/s1. The normalized spacial score (nSPS) is 17.0. The zero-order valence-electron chi connectivity index (χ0n) is 27.4. The minimum Gasteiger partial charge on any atom is -0.344 e. The summed E-state index contributed by atoms with van der Waals surface area (Å²) in [6.07, 6.45) is 10.7. The SMILES string of the molecule is CCC(=O)N[C@H](Cc1ccc(NC(=O)C(NC(=O)c2ccnn2C)C2CCCCC2)cc1)C(=O)N1CCN(Cc2ccncc2)CC1. The number of benzene rings is 1. The van der Waals surface area contributed by atoms with Gasteiger partial charge in [-0.05, 0) is 60.2 Å². The Hall–Kier alpha value is -4.58. The number of amides is 4. The van der Waals surface area contributed by atoms with E-state index in [2.05, 4.69) is 30.9 Å². The predicted molar refractivity (Wildman–Crippen MR) is 178 cm³/mol. The molecule has 0 radical (unpaired) electrons. The van der Waals surface area contributed by atoms with Crippen LogP contribution in [0.15, 0.2) is 61.1 Å². The van der Waals surface area contributed by atoms with Crippen molar-refractivity contribution in [3.05, 3.63) is 77.9 Å². The van der Waals surface area contributed by atoms with E-state index in [0.29, 0.717) is 30.9 Å². The molecule has 250 valence electrons. The highest BCUT2D eigenvalue weighted by molar-refractivity contribution is 6.00.